The summed E-state index contributed by atoms with van der Waals surface area (Å²) in [5, 5.41) is 14.2. The van der Waals surface area contributed by atoms with E-state index in [1.165, 1.54) is 0 Å². The Bertz CT molecular complexity index is 354. The first-order valence-corrected chi connectivity index (χ1v) is 6.38. The van der Waals surface area contributed by atoms with E-state index in [0.29, 0.717) is 12.6 Å². The van der Waals surface area contributed by atoms with Crippen LogP contribution in [-0.4, -0.2) is 34.7 Å². The highest BCUT2D eigenvalue weighted by atomic mass is 16.5. The van der Waals surface area contributed by atoms with Gasteiger partial charge in [-0.15, -0.1) is 0 Å². The van der Waals surface area contributed by atoms with E-state index in [2.05, 4.69) is 18.9 Å². The molecule has 1 atom stereocenters. The summed E-state index contributed by atoms with van der Waals surface area (Å²) < 4.78 is 7.47. The Hall–Kier alpha value is -0.870. The van der Waals surface area contributed by atoms with Gasteiger partial charge in [-0.25, -0.2) is 0 Å². The molecule has 0 amide bonds. The molecule has 1 unspecified atom stereocenters. The molecule has 0 radical (unpaired) electrons. The lowest BCUT2D eigenvalue weighted by Gasteiger charge is -2.34. The SMILES string of the molecule is CC(C)n1ccc(CC2(CO)CCCOC2)n1. The van der Waals surface area contributed by atoms with Gasteiger partial charge in [0, 0.05) is 30.7 Å². The van der Waals surface area contributed by atoms with Crippen LogP contribution in [0.4, 0.5) is 0 Å². The molecule has 4 heteroatoms. The van der Waals surface area contributed by atoms with Crippen LogP contribution in [0.2, 0.25) is 0 Å². The summed E-state index contributed by atoms with van der Waals surface area (Å²) in [6.45, 7) is 5.88. The molecule has 0 aromatic carbocycles. The third kappa shape index (κ3) is 2.87. The molecule has 1 fully saturated rings. The van der Waals surface area contributed by atoms with Crippen LogP contribution in [0.15, 0.2) is 12.3 Å². The van der Waals surface area contributed by atoms with Gasteiger partial charge in [-0.1, -0.05) is 0 Å². The number of rotatable bonds is 4. The van der Waals surface area contributed by atoms with Crippen molar-refractivity contribution in [1.29, 1.82) is 0 Å². The first kappa shape index (κ1) is 12.6. The molecule has 1 N–H and O–H groups in total. The number of hydrogen-bond acceptors (Lipinski definition) is 3. The molecule has 0 aliphatic carbocycles. The topological polar surface area (TPSA) is 47.3 Å². The molecule has 1 saturated heterocycles. The molecule has 17 heavy (non-hydrogen) atoms. The Morgan fingerprint density at radius 3 is 2.94 bits per heavy atom. The van der Waals surface area contributed by atoms with Gasteiger partial charge in [-0.05, 0) is 32.8 Å². The van der Waals surface area contributed by atoms with E-state index in [9.17, 15) is 5.11 Å². The zero-order chi connectivity index (χ0) is 12.3. The van der Waals surface area contributed by atoms with Crippen molar-refractivity contribution >= 4 is 0 Å². The van der Waals surface area contributed by atoms with Crippen LogP contribution in [0.1, 0.15) is 38.4 Å². The Morgan fingerprint density at radius 2 is 2.41 bits per heavy atom. The Morgan fingerprint density at radius 1 is 1.59 bits per heavy atom. The van der Waals surface area contributed by atoms with Crippen LogP contribution in [0.25, 0.3) is 0 Å². The van der Waals surface area contributed by atoms with Gasteiger partial charge in [-0.2, -0.15) is 5.10 Å². The minimum absolute atomic E-state index is 0.117. The van der Waals surface area contributed by atoms with E-state index in [1.807, 2.05) is 16.9 Å². The lowest BCUT2D eigenvalue weighted by Crippen LogP contribution is -2.37. The molecule has 1 aromatic heterocycles. The van der Waals surface area contributed by atoms with E-state index in [4.69, 9.17) is 4.74 Å². The summed E-state index contributed by atoms with van der Waals surface area (Å²) in [6.07, 6.45) is 4.88. The fraction of sp³-hybridized carbons (Fsp3) is 0.769. The minimum atomic E-state index is -0.117. The van der Waals surface area contributed by atoms with E-state index in [0.717, 1.165) is 31.6 Å². The number of nitrogens with zero attached hydrogens (tertiary/aromatic N) is 2. The zero-order valence-corrected chi connectivity index (χ0v) is 10.7. The molecule has 96 valence electrons. The molecule has 2 heterocycles. The van der Waals surface area contributed by atoms with Crippen molar-refractivity contribution in [2.24, 2.45) is 5.41 Å². The van der Waals surface area contributed by atoms with Crippen molar-refractivity contribution in [3.05, 3.63) is 18.0 Å². The predicted octanol–water partition coefficient (Wildman–Crippen LogP) is 1.80. The number of aliphatic hydroxyl groups is 1. The molecule has 0 bridgehead atoms. The maximum Gasteiger partial charge on any atom is 0.0632 e. The van der Waals surface area contributed by atoms with Gasteiger partial charge in [0.1, 0.15) is 0 Å². The molecule has 0 saturated carbocycles. The number of aromatic nitrogens is 2. The second-order valence-corrected chi connectivity index (χ2v) is 5.37. The second-order valence-electron chi connectivity index (χ2n) is 5.37. The number of aliphatic hydroxyl groups excluding tert-OH is 1. The van der Waals surface area contributed by atoms with Crippen molar-refractivity contribution in [3.8, 4) is 0 Å². The minimum Gasteiger partial charge on any atom is -0.396 e. The van der Waals surface area contributed by atoms with Gasteiger partial charge in [0.05, 0.1) is 18.9 Å². The maximum absolute atomic E-state index is 9.60. The number of ether oxygens (including phenoxy) is 1. The molecule has 1 aliphatic heterocycles. The summed E-state index contributed by atoms with van der Waals surface area (Å²) >= 11 is 0. The summed E-state index contributed by atoms with van der Waals surface area (Å²) in [7, 11) is 0. The van der Waals surface area contributed by atoms with E-state index >= 15 is 0 Å². The van der Waals surface area contributed by atoms with Crippen LogP contribution in [0.5, 0.6) is 0 Å². The van der Waals surface area contributed by atoms with Gasteiger partial charge < -0.3 is 9.84 Å². The molecule has 1 aromatic rings. The maximum atomic E-state index is 9.60. The standard InChI is InChI=1S/C13H22N2O2/c1-11(2)15-6-4-12(14-15)8-13(9-16)5-3-7-17-10-13/h4,6,11,16H,3,5,7-10H2,1-2H3. The Balaban J connectivity index is 2.06. The van der Waals surface area contributed by atoms with Crippen LogP contribution in [-0.2, 0) is 11.2 Å². The number of hydrogen-bond donors (Lipinski definition) is 1. The average molecular weight is 238 g/mol. The second kappa shape index (κ2) is 5.19. The van der Waals surface area contributed by atoms with Crippen LogP contribution in [0.3, 0.4) is 0 Å². The first-order chi connectivity index (χ1) is 8.15. The van der Waals surface area contributed by atoms with Gasteiger partial charge in [0.2, 0.25) is 0 Å². The summed E-state index contributed by atoms with van der Waals surface area (Å²) in [5.74, 6) is 0. The molecular weight excluding hydrogens is 216 g/mol. The third-order valence-corrected chi connectivity index (χ3v) is 3.49. The Kier molecular flexibility index (Phi) is 3.84. The average Bonchev–Trinajstić information content (AvgIpc) is 2.79. The van der Waals surface area contributed by atoms with Crippen molar-refractivity contribution in [2.75, 3.05) is 19.8 Å². The van der Waals surface area contributed by atoms with Crippen LogP contribution in [0, 0.1) is 5.41 Å². The summed E-state index contributed by atoms with van der Waals surface area (Å²) in [5.41, 5.74) is 0.937. The molecular formula is C13H22N2O2. The highest BCUT2D eigenvalue weighted by molar-refractivity contribution is 5.04. The van der Waals surface area contributed by atoms with E-state index < -0.39 is 0 Å². The predicted molar refractivity (Wildman–Crippen MR) is 65.9 cm³/mol. The molecule has 2 rings (SSSR count). The van der Waals surface area contributed by atoms with Crippen LogP contribution < -0.4 is 0 Å². The first-order valence-electron chi connectivity index (χ1n) is 6.38. The van der Waals surface area contributed by atoms with E-state index in [-0.39, 0.29) is 12.0 Å². The molecule has 0 spiro atoms. The molecule has 4 nitrogen and oxygen atoms in total. The van der Waals surface area contributed by atoms with Gasteiger partial charge >= 0.3 is 0 Å². The van der Waals surface area contributed by atoms with Crippen molar-refractivity contribution < 1.29 is 9.84 Å². The lowest BCUT2D eigenvalue weighted by atomic mass is 9.79. The monoisotopic (exact) mass is 238 g/mol. The van der Waals surface area contributed by atoms with Gasteiger partial charge in [0.25, 0.3) is 0 Å². The fourth-order valence-corrected chi connectivity index (χ4v) is 2.37. The Labute approximate surface area is 103 Å². The zero-order valence-electron chi connectivity index (χ0n) is 10.7. The van der Waals surface area contributed by atoms with Crippen molar-refractivity contribution in [2.45, 2.75) is 39.2 Å². The highest BCUT2D eigenvalue weighted by Crippen LogP contribution is 2.31. The smallest absolute Gasteiger partial charge is 0.0632 e. The quantitative estimate of drug-likeness (QED) is 0.870. The third-order valence-electron chi connectivity index (χ3n) is 3.49. The largest absolute Gasteiger partial charge is 0.396 e. The summed E-state index contributed by atoms with van der Waals surface area (Å²) in [4.78, 5) is 0. The van der Waals surface area contributed by atoms with Gasteiger partial charge in [-0.3, -0.25) is 4.68 Å². The van der Waals surface area contributed by atoms with Crippen molar-refractivity contribution in [1.82, 2.24) is 9.78 Å². The lowest BCUT2D eigenvalue weighted by molar-refractivity contribution is -0.0384. The highest BCUT2D eigenvalue weighted by Gasteiger charge is 2.33. The normalized spacial score (nSPS) is 25.4. The van der Waals surface area contributed by atoms with Gasteiger partial charge in [0.15, 0.2) is 0 Å². The van der Waals surface area contributed by atoms with Crippen LogP contribution >= 0.6 is 0 Å². The molecule has 1 aliphatic rings. The van der Waals surface area contributed by atoms with Crippen molar-refractivity contribution in [3.63, 3.8) is 0 Å². The van der Waals surface area contributed by atoms with E-state index in [1.54, 1.807) is 0 Å². The fourth-order valence-electron chi connectivity index (χ4n) is 2.37. The summed E-state index contributed by atoms with van der Waals surface area (Å²) in [6, 6.07) is 2.43.